The van der Waals surface area contributed by atoms with Crippen molar-refractivity contribution in [1.29, 1.82) is 0 Å². The molecule has 0 aliphatic carbocycles. The number of phenols is 2. The number of phenolic OH excluding ortho intramolecular Hbond substituents is 2. The molecule has 1 aromatic carbocycles. The molecule has 0 fully saturated rings. The van der Waals surface area contributed by atoms with Gasteiger partial charge in [0.2, 0.25) is 0 Å². The van der Waals surface area contributed by atoms with Crippen molar-refractivity contribution in [2.75, 3.05) is 0 Å². The summed E-state index contributed by atoms with van der Waals surface area (Å²) in [4.78, 5) is 11.4. The molecule has 0 aliphatic rings. The lowest BCUT2D eigenvalue weighted by molar-refractivity contribution is -0.132. The fourth-order valence-electron chi connectivity index (χ4n) is 3.33. The second kappa shape index (κ2) is 13.6. The molecule has 0 saturated heterocycles. The van der Waals surface area contributed by atoms with Crippen molar-refractivity contribution in [2.24, 2.45) is 0 Å². The number of carbonyl (C=O) groups is 1. The summed E-state index contributed by atoms with van der Waals surface area (Å²) in [6.07, 6.45) is 9.80. The minimum atomic E-state index is -0.936. The molecule has 1 rings (SSSR count). The first-order valence-electron chi connectivity index (χ1n) is 11.1. The first kappa shape index (κ1) is 27.2. The molecule has 0 radical (unpaired) electrons. The number of aryl methyl sites for hydroxylation is 1. The molecule has 0 heterocycles. The molecule has 0 bridgehead atoms. The Morgan fingerprint density at radius 3 is 2.19 bits per heavy atom. The lowest BCUT2D eigenvalue weighted by Gasteiger charge is -2.10. The van der Waals surface area contributed by atoms with Crippen LogP contribution in [0.25, 0.3) is 0 Å². The molecule has 5 heteroatoms. The first-order valence-corrected chi connectivity index (χ1v) is 11.1. The summed E-state index contributed by atoms with van der Waals surface area (Å²) >= 11 is 0. The molecule has 0 unspecified atom stereocenters. The molecule has 1 aromatic rings. The lowest BCUT2D eigenvalue weighted by atomic mass is 10.0. The smallest absolute Gasteiger partial charge is 0.331 e. The monoisotopic (exact) mass is 442 g/mol. The SMILES string of the molecule is C=C(C)[C@H](O)CC/C(=C\CC/C(C)=C/CC/C(C)=C/Cc1cc(O)cc(C)c1O)C(=O)O. The van der Waals surface area contributed by atoms with Crippen LogP contribution in [0.5, 0.6) is 11.5 Å². The first-order chi connectivity index (χ1) is 15.0. The Morgan fingerprint density at radius 1 is 1.00 bits per heavy atom. The third-order valence-corrected chi connectivity index (χ3v) is 5.53. The summed E-state index contributed by atoms with van der Waals surface area (Å²) in [7, 11) is 0. The van der Waals surface area contributed by atoms with Gasteiger partial charge >= 0.3 is 5.97 Å². The molecule has 0 aliphatic heterocycles. The largest absolute Gasteiger partial charge is 0.508 e. The van der Waals surface area contributed by atoms with Gasteiger partial charge in [0.05, 0.1) is 6.10 Å². The Bertz CT molecular complexity index is 890. The van der Waals surface area contributed by atoms with E-state index in [0.717, 1.165) is 19.3 Å². The number of aliphatic hydroxyl groups excluding tert-OH is 1. The average molecular weight is 443 g/mol. The number of allylic oxidation sites excluding steroid dienone is 5. The lowest BCUT2D eigenvalue weighted by Crippen LogP contribution is -2.10. The summed E-state index contributed by atoms with van der Waals surface area (Å²) in [5.74, 6) is -0.549. The van der Waals surface area contributed by atoms with Crippen LogP contribution in [0.15, 0.2) is 59.2 Å². The van der Waals surface area contributed by atoms with Crippen LogP contribution in [0, 0.1) is 6.92 Å². The Labute approximate surface area is 192 Å². The Hall–Kier alpha value is -2.79. The third-order valence-electron chi connectivity index (χ3n) is 5.53. The van der Waals surface area contributed by atoms with Crippen LogP contribution in [-0.4, -0.2) is 32.5 Å². The highest BCUT2D eigenvalue weighted by Crippen LogP contribution is 2.28. The quantitative estimate of drug-likeness (QED) is 0.167. The van der Waals surface area contributed by atoms with Crippen LogP contribution in [-0.2, 0) is 11.2 Å². The number of rotatable bonds is 13. The van der Waals surface area contributed by atoms with Gasteiger partial charge in [-0.25, -0.2) is 4.79 Å². The van der Waals surface area contributed by atoms with Gasteiger partial charge in [-0.3, -0.25) is 0 Å². The van der Waals surface area contributed by atoms with E-state index in [1.165, 1.54) is 11.1 Å². The average Bonchev–Trinajstić information content (AvgIpc) is 2.71. The maximum atomic E-state index is 11.4. The number of hydrogen-bond acceptors (Lipinski definition) is 4. The molecule has 176 valence electrons. The number of carboxylic acid groups (broad SMARTS) is 1. The summed E-state index contributed by atoms with van der Waals surface area (Å²) in [5.41, 5.74) is 4.77. The summed E-state index contributed by atoms with van der Waals surface area (Å²) in [6, 6.07) is 3.14. The van der Waals surface area contributed by atoms with Gasteiger partial charge in [0.1, 0.15) is 11.5 Å². The van der Waals surface area contributed by atoms with E-state index in [-0.39, 0.29) is 11.5 Å². The van der Waals surface area contributed by atoms with Gasteiger partial charge in [0, 0.05) is 11.1 Å². The predicted molar refractivity (Wildman–Crippen MR) is 130 cm³/mol. The fraction of sp³-hybridized carbons (Fsp3) is 0.444. The molecular formula is C27H38O5. The second-order valence-electron chi connectivity index (χ2n) is 8.59. The van der Waals surface area contributed by atoms with Crippen LogP contribution in [0.4, 0.5) is 0 Å². The van der Waals surface area contributed by atoms with Gasteiger partial charge in [-0.05, 0) is 90.3 Å². The van der Waals surface area contributed by atoms with Crippen molar-refractivity contribution in [3.63, 3.8) is 0 Å². The fourth-order valence-corrected chi connectivity index (χ4v) is 3.33. The van der Waals surface area contributed by atoms with Crippen LogP contribution < -0.4 is 0 Å². The van der Waals surface area contributed by atoms with E-state index in [1.807, 2.05) is 6.92 Å². The van der Waals surface area contributed by atoms with Gasteiger partial charge in [0.25, 0.3) is 0 Å². The zero-order chi connectivity index (χ0) is 24.3. The maximum Gasteiger partial charge on any atom is 0.331 e. The van der Waals surface area contributed by atoms with E-state index in [0.29, 0.717) is 48.0 Å². The Balaban J connectivity index is 2.51. The van der Waals surface area contributed by atoms with Gasteiger partial charge in [-0.1, -0.05) is 41.5 Å². The summed E-state index contributed by atoms with van der Waals surface area (Å²) < 4.78 is 0. The number of aliphatic carboxylic acids is 1. The van der Waals surface area contributed by atoms with Crippen molar-refractivity contribution in [3.05, 3.63) is 70.4 Å². The highest BCUT2D eigenvalue weighted by atomic mass is 16.4. The van der Waals surface area contributed by atoms with Crippen molar-refractivity contribution >= 4 is 5.97 Å². The highest BCUT2D eigenvalue weighted by Gasteiger charge is 2.11. The van der Waals surface area contributed by atoms with Crippen LogP contribution in [0.1, 0.15) is 70.4 Å². The zero-order valence-corrected chi connectivity index (χ0v) is 19.8. The Kier molecular flexibility index (Phi) is 11.6. The van der Waals surface area contributed by atoms with Gasteiger partial charge in [0.15, 0.2) is 0 Å². The molecule has 32 heavy (non-hydrogen) atoms. The summed E-state index contributed by atoms with van der Waals surface area (Å²) in [6.45, 7) is 11.3. The summed E-state index contributed by atoms with van der Waals surface area (Å²) in [5, 5.41) is 39.0. The molecule has 0 amide bonds. The predicted octanol–water partition coefficient (Wildman–Crippen LogP) is 6.13. The Morgan fingerprint density at radius 2 is 1.59 bits per heavy atom. The maximum absolute atomic E-state index is 11.4. The normalized spacial score (nSPS) is 13.8. The number of hydrogen-bond donors (Lipinski definition) is 4. The van der Waals surface area contributed by atoms with Crippen LogP contribution in [0.2, 0.25) is 0 Å². The van der Waals surface area contributed by atoms with Crippen molar-refractivity contribution < 1.29 is 25.2 Å². The van der Waals surface area contributed by atoms with E-state index in [4.69, 9.17) is 0 Å². The van der Waals surface area contributed by atoms with Crippen molar-refractivity contribution in [1.82, 2.24) is 0 Å². The number of aliphatic hydroxyl groups is 1. The molecule has 0 spiro atoms. The number of benzene rings is 1. The number of aromatic hydroxyl groups is 2. The van der Waals surface area contributed by atoms with Crippen LogP contribution in [0.3, 0.4) is 0 Å². The zero-order valence-electron chi connectivity index (χ0n) is 19.8. The second-order valence-corrected chi connectivity index (χ2v) is 8.59. The van der Waals surface area contributed by atoms with E-state index in [9.17, 15) is 25.2 Å². The van der Waals surface area contributed by atoms with E-state index < -0.39 is 12.1 Å². The van der Waals surface area contributed by atoms with Crippen LogP contribution >= 0.6 is 0 Å². The minimum Gasteiger partial charge on any atom is -0.508 e. The van der Waals surface area contributed by atoms with E-state index >= 15 is 0 Å². The van der Waals surface area contributed by atoms with E-state index in [2.05, 4.69) is 25.7 Å². The standard InChI is InChI=1S/C27H38O5/c1-18(2)25(29)15-14-22(27(31)32)11-7-10-19(3)8-6-9-20(4)12-13-23-17-24(28)16-21(5)26(23)30/h8,11-12,16-17,25,28-30H,1,6-7,9-10,13-15H2,2-5H3,(H,31,32)/b19-8+,20-12+,22-11+/t25-/m1/s1. The molecule has 0 aromatic heterocycles. The van der Waals surface area contributed by atoms with Gasteiger partial charge < -0.3 is 20.4 Å². The van der Waals surface area contributed by atoms with Crippen molar-refractivity contribution in [2.45, 2.75) is 78.7 Å². The van der Waals surface area contributed by atoms with Gasteiger partial charge in [-0.15, -0.1) is 0 Å². The minimum absolute atomic E-state index is 0.159. The number of carboxylic acids is 1. The third kappa shape index (κ3) is 10.0. The topological polar surface area (TPSA) is 98.0 Å². The molecule has 1 atom stereocenters. The molecule has 4 N–H and O–H groups in total. The molecule has 0 saturated carbocycles. The molecular weight excluding hydrogens is 404 g/mol. The van der Waals surface area contributed by atoms with Gasteiger partial charge in [-0.2, -0.15) is 0 Å². The molecule has 5 nitrogen and oxygen atoms in total. The highest BCUT2D eigenvalue weighted by molar-refractivity contribution is 5.86. The van der Waals surface area contributed by atoms with E-state index in [1.54, 1.807) is 32.1 Å². The van der Waals surface area contributed by atoms with Crippen molar-refractivity contribution in [3.8, 4) is 11.5 Å².